The molecule has 1 aromatic carbocycles. The summed E-state index contributed by atoms with van der Waals surface area (Å²) in [5.74, 6) is -0.538. The Kier molecular flexibility index (Phi) is 4.53. The van der Waals surface area contributed by atoms with E-state index in [4.69, 9.17) is 16.3 Å². The Balaban J connectivity index is 2.08. The second kappa shape index (κ2) is 6.34. The van der Waals surface area contributed by atoms with Gasteiger partial charge in [0.15, 0.2) is 0 Å². The number of rotatable bonds is 4. The molecule has 6 heteroatoms. The summed E-state index contributed by atoms with van der Waals surface area (Å²) >= 11 is 5.71. The number of nitrogens with zero attached hydrogens (tertiary/aromatic N) is 1. The molecule has 1 heterocycles. The first-order valence-corrected chi connectivity index (χ1v) is 6.20. The average Bonchev–Trinajstić information content (AvgIpc) is 2.44. The van der Waals surface area contributed by atoms with Crippen molar-refractivity contribution in [3.63, 3.8) is 0 Å². The maximum absolute atomic E-state index is 13.2. The Morgan fingerprint density at radius 1 is 1.45 bits per heavy atom. The van der Waals surface area contributed by atoms with E-state index in [1.54, 1.807) is 18.3 Å². The highest BCUT2D eigenvalue weighted by atomic mass is 35.5. The number of pyridine rings is 1. The van der Waals surface area contributed by atoms with Crippen molar-refractivity contribution in [3.05, 3.63) is 58.5 Å². The Morgan fingerprint density at radius 3 is 2.95 bits per heavy atom. The normalized spacial score (nSPS) is 10.2. The predicted octanol–water partition coefficient (Wildman–Crippen LogP) is 2.81. The van der Waals surface area contributed by atoms with E-state index in [-0.39, 0.29) is 17.1 Å². The average molecular weight is 295 g/mol. The minimum Gasteiger partial charge on any atom is -0.481 e. The van der Waals surface area contributed by atoms with Crippen molar-refractivity contribution in [2.24, 2.45) is 0 Å². The fourth-order valence-electron chi connectivity index (χ4n) is 1.70. The minimum atomic E-state index is -0.554. The molecule has 1 aromatic heterocycles. The number of nitrogens with one attached hydrogen (secondary N) is 1. The lowest BCUT2D eigenvalue weighted by atomic mass is 10.2. The van der Waals surface area contributed by atoms with Crippen LogP contribution >= 0.6 is 11.6 Å². The molecule has 104 valence electrons. The first-order chi connectivity index (χ1) is 9.60. The van der Waals surface area contributed by atoms with Gasteiger partial charge in [0, 0.05) is 28.9 Å². The van der Waals surface area contributed by atoms with Gasteiger partial charge in [-0.05, 0) is 24.3 Å². The third-order valence-corrected chi connectivity index (χ3v) is 2.83. The minimum absolute atomic E-state index is 0.165. The van der Waals surface area contributed by atoms with Gasteiger partial charge in [0.2, 0.25) is 5.88 Å². The number of hydrogen-bond acceptors (Lipinski definition) is 3. The van der Waals surface area contributed by atoms with Crippen molar-refractivity contribution in [1.29, 1.82) is 0 Å². The van der Waals surface area contributed by atoms with Gasteiger partial charge in [0.1, 0.15) is 5.82 Å². The number of carbonyl (C=O) groups is 1. The molecule has 2 rings (SSSR count). The molecule has 0 unspecified atom stereocenters. The lowest BCUT2D eigenvalue weighted by Crippen LogP contribution is -2.23. The van der Waals surface area contributed by atoms with Crippen LogP contribution in [0.15, 0.2) is 36.5 Å². The monoisotopic (exact) mass is 294 g/mol. The summed E-state index contributed by atoms with van der Waals surface area (Å²) in [6.45, 7) is 0.226. The lowest BCUT2D eigenvalue weighted by Gasteiger charge is -2.08. The van der Waals surface area contributed by atoms with Crippen LogP contribution in [0.1, 0.15) is 15.9 Å². The molecule has 1 amide bonds. The summed E-state index contributed by atoms with van der Waals surface area (Å²) < 4.78 is 18.3. The molecule has 0 saturated heterocycles. The molecule has 0 atom stereocenters. The zero-order valence-electron chi connectivity index (χ0n) is 10.7. The molecule has 20 heavy (non-hydrogen) atoms. The molecule has 2 aromatic rings. The van der Waals surface area contributed by atoms with E-state index in [2.05, 4.69) is 10.3 Å². The van der Waals surface area contributed by atoms with Crippen LogP contribution in [0.25, 0.3) is 0 Å². The molecule has 0 spiro atoms. The topological polar surface area (TPSA) is 51.2 Å². The molecule has 0 aliphatic heterocycles. The SMILES string of the molecule is COc1ncccc1CNC(=O)c1cc(F)cc(Cl)c1. The van der Waals surface area contributed by atoms with E-state index >= 15 is 0 Å². The highest BCUT2D eigenvalue weighted by molar-refractivity contribution is 6.31. The first kappa shape index (κ1) is 14.3. The van der Waals surface area contributed by atoms with Crippen LogP contribution in [0.2, 0.25) is 5.02 Å². The van der Waals surface area contributed by atoms with Gasteiger partial charge < -0.3 is 10.1 Å². The Bertz CT molecular complexity index is 614. The summed E-state index contributed by atoms with van der Waals surface area (Å²) in [6, 6.07) is 7.19. The molecule has 0 bridgehead atoms. The van der Waals surface area contributed by atoms with Crippen molar-refractivity contribution in [2.45, 2.75) is 6.54 Å². The lowest BCUT2D eigenvalue weighted by molar-refractivity contribution is 0.0950. The van der Waals surface area contributed by atoms with Crippen molar-refractivity contribution >= 4 is 17.5 Å². The summed E-state index contributed by atoms with van der Waals surface area (Å²) in [7, 11) is 1.50. The smallest absolute Gasteiger partial charge is 0.251 e. The van der Waals surface area contributed by atoms with Crippen LogP contribution in [0, 0.1) is 5.82 Å². The maximum atomic E-state index is 13.2. The van der Waals surface area contributed by atoms with Crippen molar-refractivity contribution in [2.75, 3.05) is 7.11 Å². The van der Waals surface area contributed by atoms with Crippen molar-refractivity contribution in [3.8, 4) is 5.88 Å². The van der Waals surface area contributed by atoms with E-state index in [9.17, 15) is 9.18 Å². The summed E-state index contributed by atoms with van der Waals surface area (Å²) in [5, 5.41) is 2.84. The van der Waals surface area contributed by atoms with E-state index in [1.807, 2.05) is 0 Å². The van der Waals surface area contributed by atoms with Gasteiger partial charge in [0.25, 0.3) is 5.91 Å². The van der Waals surface area contributed by atoms with E-state index in [0.717, 1.165) is 17.7 Å². The van der Waals surface area contributed by atoms with Crippen LogP contribution in [0.5, 0.6) is 5.88 Å². The number of hydrogen-bond donors (Lipinski definition) is 1. The number of carbonyl (C=O) groups excluding carboxylic acids is 1. The maximum Gasteiger partial charge on any atom is 0.251 e. The van der Waals surface area contributed by atoms with Crippen molar-refractivity contribution < 1.29 is 13.9 Å². The number of benzene rings is 1. The fourth-order valence-corrected chi connectivity index (χ4v) is 1.93. The van der Waals surface area contributed by atoms with Gasteiger partial charge in [-0.3, -0.25) is 4.79 Å². The molecule has 1 N–H and O–H groups in total. The molecule has 0 fully saturated rings. The molecule has 0 aliphatic rings. The van der Waals surface area contributed by atoms with Gasteiger partial charge >= 0.3 is 0 Å². The van der Waals surface area contributed by atoms with Gasteiger partial charge in [-0.25, -0.2) is 9.37 Å². The van der Waals surface area contributed by atoms with Crippen LogP contribution < -0.4 is 10.1 Å². The largest absolute Gasteiger partial charge is 0.481 e. The summed E-state index contributed by atoms with van der Waals surface area (Å²) in [4.78, 5) is 15.9. The second-order valence-electron chi connectivity index (χ2n) is 4.01. The molecular weight excluding hydrogens is 283 g/mol. The molecular formula is C14H12ClFN2O2. The highest BCUT2D eigenvalue weighted by Gasteiger charge is 2.10. The Hall–Kier alpha value is -2.14. The van der Waals surface area contributed by atoms with E-state index < -0.39 is 11.7 Å². The van der Waals surface area contributed by atoms with Crippen LogP contribution in [0.4, 0.5) is 4.39 Å². The van der Waals surface area contributed by atoms with Crippen LogP contribution in [0.3, 0.4) is 0 Å². The summed E-state index contributed by atoms with van der Waals surface area (Å²) in [5.41, 5.74) is 0.892. The molecule has 0 aliphatic carbocycles. The fraction of sp³-hybridized carbons (Fsp3) is 0.143. The van der Waals surface area contributed by atoms with Gasteiger partial charge in [0.05, 0.1) is 7.11 Å². The molecule has 4 nitrogen and oxygen atoms in total. The van der Waals surface area contributed by atoms with Crippen molar-refractivity contribution in [1.82, 2.24) is 10.3 Å². The predicted molar refractivity (Wildman–Crippen MR) is 73.4 cm³/mol. The second-order valence-corrected chi connectivity index (χ2v) is 4.45. The number of aromatic nitrogens is 1. The first-order valence-electron chi connectivity index (χ1n) is 5.82. The zero-order chi connectivity index (χ0) is 14.5. The Morgan fingerprint density at radius 2 is 2.25 bits per heavy atom. The third kappa shape index (κ3) is 3.45. The number of halogens is 2. The molecule has 0 radical (unpaired) electrons. The standard InChI is InChI=1S/C14H12ClFN2O2/c1-20-14-9(3-2-4-17-14)8-18-13(19)10-5-11(15)7-12(16)6-10/h2-7H,8H2,1H3,(H,18,19). The summed E-state index contributed by atoms with van der Waals surface area (Å²) in [6.07, 6.45) is 1.59. The third-order valence-electron chi connectivity index (χ3n) is 2.61. The van der Waals surface area contributed by atoms with Gasteiger partial charge in [-0.2, -0.15) is 0 Å². The van der Waals surface area contributed by atoms with E-state index in [0.29, 0.717) is 5.88 Å². The zero-order valence-corrected chi connectivity index (χ0v) is 11.4. The quantitative estimate of drug-likeness (QED) is 0.943. The Labute approximate surface area is 120 Å². The van der Waals surface area contributed by atoms with Gasteiger partial charge in [-0.15, -0.1) is 0 Å². The molecule has 0 saturated carbocycles. The van der Waals surface area contributed by atoms with E-state index in [1.165, 1.54) is 13.2 Å². The number of ether oxygens (including phenoxy) is 1. The highest BCUT2D eigenvalue weighted by Crippen LogP contribution is 2.15. The number of amides is 1. The van der Waals surface area contributed by atoms with Crippen LogP contribution in [-0.4, -0.2) is 18.0 Å². The number of methoxy groups -OCH3 is 1. The van der Waals surface area contributed by atoms with Crippen LogP contribution in [-0.2, 0) is 6.54 Å². The van der Waals surface area contributed by atoms with Gasteiger partial charge in [-0.1, -0.05) is 17.7 Å².